The van der Waals surface area contributed by atoms with Gasteiger partial charge in [0, 0.05) is 13.7 Å². The van der Waals surface area contributed by atoms with E-state index in [1.54, 1.807) is 7.11 Å². The third-order valence-electron chi connectivity index (χ3n) is 4.15. The number of amides is 1. The van der Waals surface area contributed by atoms with E-state index in [0.29, 0.717) is 19.5 Å². The average Bonchev–Trinajstić information content (AvgIpc) is 2.37. The first-order chi connectivity index (χ1) is 8.43. The number of carbonyl (C=O) groups excluding carboxylic acids is 1. The molecule has 0 heterocycles. The van der Waals surface area contributed by atoms with E-state index < -0.39 is 5.60 Å². The largest absolute Gasteiger partial charge is 0.378 e. The van der Waals surface area contributed by atoms with Gasteiger partial charge in [0.25, 0.3) is 0 Å². The Bertz CT molecular complexity index is 271. The Balaban J connectivity index is 2.40. The lowest BCUT2D eigenvalue weighted by atomic mass is 9.74. The topological polar surface area (TPSA) is 64.3 Å². The van der Waals surface area contributed by atoms with Gasteiger partial charge in [-0.05, 0) is 38.6 Å². The number of nitrogens with two attached hydrogens (primary N) is 1. The maximum absolute atomic E-state index is 11.9. The van der Waals surface area contributed by atoms with Gasteiger partial charge in [0.15, 0.2) is 0 Å². The second-order valence-corrected chi connectivity index (χ2v) is 6.18. The zero-order chi connectivity index (χ0) is 13.6. The zero-order valence-electron chi connectivity index (χ0n) is 12.1. The molecule has 4 nitrogen and oxygen atoms in total. The monoisotopic (exact) mass is 256 g/mol. The normalized spacial score (nSPS) is 19.6. The minimum Gasteiger partial charge on any atom is -0.378 e. The van der Waals surface area contributed by atoms with Crippen LogP contribution in [0.2, 0.25) is 0 Å². The van der Waals surface area contributed by atoms with Crippen LogP contribution in [0.4, 0.5) is 0 Å². The van der Waals surface area contributed by atoms with Gasteiger partial charge in [0.2, 0.25) is 5.91 Å². The first kappa shape index (κ1) is 15.4. The van der Waals surface area contributed by atoms with Crippen molar-refractivity contribution in [1.82, 2.24) is 5.32 Å². The van der Waals surface area contributed by atoms with Gasteiger partial charge >= 0.3 is 0 Å². The van der Waals surface area contributed by atoms with E-state index in [9.17, 15) is 4.79 Å². The summed E-state index contributed by atoms with van der Waals surface area (Å²) in [5.74, 6) is 0.0558. The van der Waals surface area contributed by atoms with Gasteiger partial charge in [-0.2, -0.15) is 0 Å². The lowest BCUT2D eigenvalue weighted by molar-refractivity contribution is -0.126. The first-order valence-electron chi connectivity index (χ1n) is 6.95. The third-order valence-corrected chi connectivity index (χ3v) is 4.15. The molecule has 1 aliphatic rings. The third kappa shape index (κ3) is 4.58. The van der Waals surface area contributed by atoms with E-state index in [1.807, 2.05) is 13.8 Å². The quantitative estimate of drug-likeness (QED) is 0.762. The number of carbonyl (C=O) groups is 1. The van der Waals surface area contributed by atoms with Crippen molar-refractivity contribution >= 4 is 5.91 Å². The van der Waals surface area contributed by atoms with Crippen molar-refractivity contribution in [2.75, 3.05) is 20.2 Å². The molecule has 18 heavy (non-hydrogen) atoms. The molecule has 0 radical (unpaired) electrons. The second kappa shape index (κ2) is 6.53. The predicted octanol–water partition coefficient (Wildman–Crippen LogP) is 1.83. The molecule has 0 saturated heterocycles. The van der Waals surface area contributed by atoms with Crippen LogP contribution in [-0.4, -0.2) is 31.7 Å². The molecular formula is C14H28N2O2. The highest BCUT2D eigenvalue weighted by Crippen LogP contribution is 2.34. The van der Waals surface area contributed by atoms with Gasteiger partial charge in [0.05, 0.1) is 12.0 Å². The van der Waals surface area contributed by atoms with E-state index in [-0.39, 0.29) is 11.3 Å². The van der Waals surface area contributed by atoms with Crippen molar-refractivity contribution in [1.29, 1.82) is 0 Å². The smallest absolute Gasteiger partial charge is 0.222 e. The number of hydrogen-bond acceptors (Lipinski definition) is 3. The molecule has 106 valence electrons. The Kier molecular flexibility index (Phi) is 5.60. The summed E-state index contributed by atoms with van der Waals surface area (Å²) < 4.78 is 5.27. The molecule has 1 aliphatic carbocycles. The highest BCUT2D eigenvalue weighted by molar-refractivity contribution is 5.76. The minimum atomic E-state index is -0.396. The summed E-state index contributed by atoms with van der Waals surface area (Å²) in [6.45, 7) is 5.22. The Morgan fingerprint density at radius 3 is 2.44 bits per heavy atom. The summed E-state index contributed by atoms with van der Waals surface area (Å²) in [5.41, 5.74) is 5.64. The van der Waals surface area contributed by atoms with Gasteiger partial charge in [-0.25, -0.2) is 0 Å². The molecule has 0 atom stereocenters. The molecule has 3 N–H and O–H groups in total. The van der Waals surface area contributed by atoms with Crippen LogP contribution in [0.3, 0.4) is 0 Å². The Morgan fingerprint density at radius 1 is 1.33 bits per heavy atom. The molecule has 0 unspecified atom stereocenters. The van der Waals surface area contributed by atoms with E-state index in [2.05, 4.69) is 5.32 Å². The molecule has 0 bridgehead atoms. The summed E-state index contributed by atoms with van der Waals surface area (Å²) in [5, 5.41) is 3.04. The molecule has 1 amide bonds. The van der Waals surface area contributed by atoms with Gasteiger partial charge in [-0.1, -0.05) is 19.3 Å². The molecule has 4 heteroatoms. The zero-order valence-corrected chi connectivity index (χ0v) is 12.1. The second-order valence-electron chi connectivity index (χ2n) is 6.18. The summed E-state index contributed by atoms with van der Waals surface area (Å²) in [6, 6.07) is 0. The predicted molar refractivity (Wildman–Crippen MR) is 73.3 cm³/mol. The number of nitrogens with one attached hydrogen (secondary N) is 1. The van der Waals surface area contributed by atoms with Crippen molar-refractivity contribution in [2.45, 2.75) is 58.0 Å². The van der Waals surface area contributed by atoms with E-state index in [0.717, 1.165) is 12.8 Å². The Morgan fingerprint density at radius 2 is 1.94 bits per heavy atom. The summed E-state index contributed by atoms with van der Waals surface area (Å²) in [7, 11) is 1.63. The van der Waals surface area contributed by atoms with Crippen LogP contribution in [0.1, 0.15) is 52.4 Å². The molecule has 1 rings (SSSR count). The van der Waals surface area contributed by atoms with Gasteiger partial charge in [0.1, 0.15) is 0 Å². The SMILES string of the molecule is COC(C)(C)CC(=O)NCC1(CN)CCCCC1. The van der Waals surface area contributed by atoms with Crippen molar-refractivity contribution in [3.63, 3.8) is 0 Å². The van der Waals surface area contributed by atoms with Crippen molar-refractivity contribution in [3.8, 4) is 0 Å². The van der Waals surface area contributed by atoms with Crippen LogP contribution >= 0.6 is 0 Å². The van der Waals surface area contributed by atoms with Gasteiger partial charge in [-0.3, -0.25) is 4.79 Å². The van der Waals surface area contributed by atoms with Crippen molar-refractivity contribution < 1.29 is 9.53 Å². The van der Waals surface area contributed by atoms with Gasteiger partial charge in [-0.15, -0.1) is 0 Å². The fraction of sp³-hybridized carbons (Fsp3) is 0.929. The summed E-state index contributed by atoms with van der Waals surface area (Å²) >= 11 is 0. The maximum atomic E-state index is 11.9. The molecule has 0 spiro atoms. The fourth-order valence-electron chi connectivity index (χ4n) is 2.56. The first-order valence-corrected chi connectivity index (χ1v) is 6.95. The van der Waals surface area contributed by atoms with E-state index >= 15 is 0 Å². The van der Waals surface area contributed by atoms with Crippen LogP contribution in [0.25, 0.3) is 0 Å². The lowest BCUT2D eigenvalue weighted by Gasteiger charge is -2.36. The van der Waals surface area contributed by atoms with E-state index in [1.165, 1.54) is 19.3 Å². The Labute approximate surface area is 111 Å². The van der Waals surface area contributed by atoms with Crippen LogP contribution in [0.15, 0.2) is 0 Å². The van der Waals surface area contributed by atoms with Crippen molar-refractivity contribution in [2.24, 2.45) is 11.1 Å². The highest BCUT2D eigenvalue weighted by atomic mass is 16.5. The molecule has 1 saturated carbocycles. The van der Waals surface area contributed by atoms with Crippen LogP contribution in [0.5, 0.6) is 0 Å². The maximum Gasteiger partial charge on any atom is 0.222 e. The average molecular weight is 256 g/mol. The highest BCUT2D eigenvalue weighted by Gasteiger charge is 2.31. The summed E-state index contributed by atoms with van der Waals surface area (Å²) in [6.07, 6.45) is 6.43. The molecule has 0 aromatic heterocycles. The standard InChI is InChI=1S/C14H28N2O2/c1-13(2,18-3)9-12(17)16-11-14(10-15)7-5-4-6-8-14/h4-11,15H2,1-3H3,(H,16,17). The molecule has 0 aromatic carbocycles. The number of rotatable bonds is 6. The number of methoxy groups -OCH3 is 1. The molecule has 1 fully saturated rings. The van der Waals surface area contributed by atoms with Crippen LogP contribution < -0.4 is 11.1 Å². The van der Waals surface area contributed by atoms with Crippen LogP contribution in [0, 0.1) is 5.41 Å². The van der Waals surface area contributed by atoms with Crippen LogP contribution in [-0.2, 0) is 9.53 Å². The molecule has 0 aromatic rings. The molecular weight excluding hydrogens is 228 g/mol. The summed E-state index contributed by atoms with van der Waals surface area (Å²) in [4.78, 5) is 11.9. The number of hydrogen-bond donors (Lipinski definition) is 2. The van der Waals surface area contributed by atoms with Crippen molar-refractivity contribution in [3.05, 3.63) is 0 Å². The fourth-order valence-corrected chi connectivity index (χ4v) is 2.56. The lowest BCUT2D eigenvalue weighted by Crippen LogP contribution is -2.45. The molecule has 0 aliphatic heterocycles. The Hall–Kier alpha value is -0.610. The van der Waals surface area contributed by atoms with E-state index in [4.69, 9.17) is 10.5 Å². The van der Waals surface area contributed by atoms with Gasteiger partial charge < -0.3 is 15.8 Å². The number of ether oxygens (including phenoxy) is 1. The minimum absolute atomic E-state index is 0.0558.